The summed E-state index contributed by atoms with van der Waals surface area (Å²) in [5, 5.41) is 2.14. The molecule has 0 saturated carbocycles. The molecule has 0 radical (unpaired) electrons. The van der Waals surface area contributed by atoms with Crippen molar-refractivity contribution in [3.63, 3.8) is 0 Å². The van der Waals surface area contributed by atoms with Gasteiger partial charge in [0.2, 0.25) is 5.12 Å². The van der Waals surface area contributed by atoms with Gasteiger partial charge in [-0.05, 0) is 40.9 Å². The van der Waals surface area contributed by atoms with E-state index in [0.717, 1.165) is 26.5 Å². The Balaban J connectivity index is 2.20. The Labute approximate surface area is 131 Å². The summed E-state index contributed by atoms with van der Waals surface area (Å²) in [6, 6.07) is 12.0. The van der Waals surface area contributed by atoms with Crippen molar-refractivity contribution in [1.29, 1.82) is 0 Å². The summed E-state index contributed by atoms with van der Waals surface area (Å²) in [5.74, 6) is 0.742. The van der Waals surface area contributed by atoms with E-state index in [1.54, 1.807) is 7.11 Å². The molecule has 0 spiro atoms. The van der Waals surface area contributed by atoms with Crippen LogP contribution in [-0.2, 0) is 4.79 Å². The summed E-state index contributed by atoms with van der Waals surface area (Å²) >= 11 is 2.66. The van der Waals surface area contributed by atoms with E-state index >= 15 is 0 Å². The van der Waals surface area contributed by atoms with Crippen molar-refractivity contribution in [2.75, 3.05) is 13.4 Å². The van der Waals surface area contributed by atoms with Crippen LogP contribution >= 0.6 is 23.5 Å². The predicted molar refractivity (Wildman–Crippen MR) is 92.0 cm³/mol. The molecule has 2 aromatic rings. The molecule has 1 aliphatic heterocycles. The van der Waals surface area contributed by atoms with Gasteiger partial charge in [-0.2, -0.15) is 0 Å². The lowest BCUT2D eigenvalue weighted by Crippen LogP contribution is -1.92. The van der Waals surface area contributed by atoms with Crippen molar-refractivity contribution >= 4 is 49.9 Å². The molecule has 0 aliphatic carbocycles. The molecule has 0 fully saturated rings. The summed E-state index contributed by atoms with van der Waals surface area (Å²) in [7, 11) is 1.63. The summed E-state index contributed by atoms with van der Waals surface area (Å²) in [4.78, 5) is 16.4. The van der Waals surface area contributed by atoms with Crippen molar-refractivity contribution in [3.8, 4) is 5.75 Å². The number of rotatable bonds is 2. The molecular weight excluding hydrogens is 302 g/mol. The quantitative estimate of drug-likeness (QED) is 0.779. The van der Waals surface area contributed by atoms with E-state index in [9.17, 15) is 4.79 Å². The molecule has 0 aromatic heterocycles. The van der Waals surface area contributed by atoms with Crippen LogP contribution in [0.3, 0.4) is 0 Å². The molecule has 3 rings (SSSR count). The van der Waals surface area contributed by atoms with Gasteiger partial charge in [-0.3, -0.25) is 4.79 Å². The standard InChI is InChI=1S/C16H13NO2S2/c1-19-14-8-7-10-5-3-4-6-11(10)12(14)9-13-15(18)21-16(17-13)20-2/h3-9H,1-2H3. The zero-order chi connectivity index (χ0) is 14.8. The number of ether oxygens (including phenoxy) is 1. The van der Waals surface area contributed by atoms with Crippen molar-refractivity contribution in [2.24, 2.45) is 4.99 Å². The van der Waals surface area contributed by atoms with Gasteiger partial charge in [-0.1, -0.05) is 30.3 Å². The van der Waals surface area contributed by atoms with Crippen LogP contribution in [0.2, 0.25) is 0 Å². The predicted octanol–water partition coefficient (Wildman–Crippen LogP) is 4.18. The molecule has 106 valence electrons. The monoisotopic (exact) mass is 315 g/mol. The Morgan fingerprint density at radius 3 is 2.76 bits per heavy atom. The molecule has 0 bridgehead atoms. The molecule has 1 heterocycles. The first-order valence-corrected chi connectivity index (χ1v) is 8.39. The highest BCUT2D eigenvalue weighted by atomic mass is 32.2. The fraction of sp³-hybridized carbons (Fsp3) is 0.125. The first kappa shape index (κ1) is 14.2. The van der Waals surface area contributed by atoms with Crippen LogP contribution in [0, 0.1) is 0 Å². The van der Waals surface area contributed by atoms with Crippen LogP contribution < -0.4 is 4.74 Å². The number of thioether (sulfide) groups is 2. The van der Waals surface area contributed by atoms with E-state index < -0.39 is 0 Å². The van der Waals surface area contributed by atoms with Crippen molar-refractivity contribution < 1.29 is 9.53 Å². The molecule has 0 atom stereocenters. The molecule has 2 aromatic carbocycles. The summed E-state index contributed by atoms with van der Waals surface area (Å²) in [6.07, 6.45) is 3.74. The molecular formula is C16H13NO2S2. The van der Waals surface area contributed by atoms with Gasteiger partial charge in [-0.15, -0.1) is 11.8 Å². The largest absolute Gasteiger partial charge is 0.496 e. The van der Waals surface area contributed by atoms with Gasteiger partial charge in [0, 0.05) is 5.56 Å². The maximum Gasteiger partial charge on any atom is 0.244 e. The van der Waals surface area contributed by atoms with Gasteiger partial charge in [-0.25, -0.2) is 4.99 Å². The molecule has 21 heavy (non-hydrogen) atoms. The lowest BCUT2D eigenvalue weighted by atomic mass is 10.0. The maximum atomic E-state index is 12.0. The Morgan fingerprint density at radius 2 is 2.05 bits per heavy atom. The number of carbonyl (C=O) groups excluding carboxylic acids is 1. The number of aliphatic imine (C=N–C) groups is 1. The summed E-state index contributed by atoms with van der Waals surface area (Å²) in [6.45, 7) is 0. The third-order valence-electron chi connectivity index (χ3n) is 3.21. The van der Waals surface area contributed by atoms with Gasteiger partial charge in [0.05, 0.1) is 7.11 Å². The fourth-order valence-electron chi connectivity index (χ4n) is 2.22. The minimum atomic E-state index is -0.0191. The molecule has 0 amide bonds. The zero-order valence-corrected chi connectivity index (χ0v) is 13.3. The van der Waals surface area contributed by atoms with Gasteiger partial charge >= 0.3 is 0 Å². The first-order valence-electron chi connectivity index (χ1n) is 6.35. The normalized spacial score (nSPS) is 16.6. The minimum Gasteiger partial charge on any atom is -0.496 e. The van der Waals surface area contributed by atoms with Gasteiger partial charge in [0.25, 0.3) is 0 Å². The highest BCUT2D eigenvalue weighted by molar-refractivity contribution is 8.45. The smallest absolute Gasteiger partial charge is 0.244 e. The van der Waals surface area contributed by atoms with E-state index in [0.29, 0.717) is 5.70 Å². The summed E-state index contributed by atoms with van der Waals surface area (Å²) in [5.41, 5.74) is 1.37. The van der Waals surface area contributed by atoms with E-state index in [1.165, 1.54) is 23.5 Å². The highest BCUT2D eigenvalue weighted by Gasteiger charge is 2.22. The van der Waals surface area contributed by atoms with E-state index in [-0.39, 0.29) is 5.12 Å². The number of carbonyl (C=O) groups is 1. The maximum absolute atomic E-state index is 12.0. The van der Waals surface area contributed by atoms with Crippen molar-refractivity contribution in [3.05, 3.63) is 47.7 Å². The third-order valence-corrected chi connectivity index (χ3v) is 5.06. The Hall–Kier alpha value is -1.72. The second-order valence-corrected chi connectivity index (χ2v) is 6.42. The van der Waals surface area contributed by atoms with E-state index in [2.05, 4.69) is 4.99 Å². The highest BCUT2D eigenvalue weighted by Crippen LogP contribution is 2.34. The number of methoxy groups -OCH3 is 1. The number of hydrogen-bond acceptors (Lipinski definition) is 5. The van der Waals surface area contributed by atoms with Crippen LogP contribution in [0.5, 0.6) is 5.75 Å². The number of fused-ring (bicyclic) bond motifs is 1. The zero-order valence-electron chi connectivity index (χ0n) is 11.6. The van der Waals surface area contributed by atoms with Crippen LogP contribution in [0.1, 0.15) is 5.56 Å². The lowest BCUT2D eigenvalue weighted by molar-refractivity contribution is -0.107. The van der Waals surface area contributed by atoms with E-state index in [1.807, 2.05) is 48.7 Å². The van der Waals surface area contributed by atoms with Crippen LogP contribution in [0.25, 0.3) is 16.8 Å². The molecule has 0 N–H and O–H groups in total. The Bertz CT molecular complexity index is 781. The Kier molecular flexibility index (Phi) is 4.03. The fourth-order valence-corrected chi connectivity index (χ4v) is 3.48. The van der Waals surface area contributed by atoms with Gasteiger partial charge in [0.15, 0.2) is 0 Å². The Morgan fingerprint density at radius 1 is 1.24 bits per heavy atom. The van der Waals surface area contributed by atoms with Crippen molar-refractivity contribution in [1.82, 2.24) is 0 Å². The van der Waals surface area contributed by atoms with Crippen molar-refractivity contribution in [2.45, 2.75) is 0 Å². The van der Waals surface area contributed by atoms with Gasteiger partial charge < -0.3 is 4.74 Å². The van der Waals surface area contributed by atoms with Crippen LogP contribution in [0.15, 0.2) is 47.1 Å². The van der Waals surface area contributed by atoms with Gasteiger partial charge in [0.1, 0.15) is 15.8 Å². The van der Waals surface area contributed by atoms with E-state index in [4.69, 9.17) is 4.74 Å². The average Bonchev–Trinajstić information content (AvgIpc) is 2.88. The topological polar surface area (TPSA) is 38.7 Å². The molecule has 5 heteroatoms. The van der Waals surface area contributed by atoms with Crippen LogP contribution in [0.4, 0.5) is 0 Å². The molecule has 1 aliphatic rings. The minimum absolute atomic E-state index is 0.0191. The number of nitrogens with zero attached hydrogens (tertiary/aromatic N) is 1. The molecule has 0 saturated heterocycles. The van der Waals surface area contributed by atoms with Crippen LogP contribution in [-0.4, -0.2) is 22.9 Å². The number of hydrogen-bond donors (Lipinski definition) is 0. The molecule has 3 nitrogen and oxygen atoms in total. The molecule has 0 unspecified atom stereocenters. The second-order valence-electron chi connectivity index (χ2n) is 4.40. The SMILES string of the molecule is COc1ccc2ccccc2c1C=C1N=C(SC)SC1=O. The average molecular weight is 315 g/mol. The third kappa shape index (κ3) is 2.71. The number of benzene rings is 2. The first-order chi connectivity index (χ1) is 10.2. The summed E-state index contributed by atoms with van der Waals surface area (Å²) < 4.78 is 6.22. The second kappa shape index (κ2) is 5.95. The lowest BCUT2D eigenvalue weighted by Gasteiger charge is -2.09.